The summed E-state index contributed by atoms with van der Waals surface area (Å²) in [5, 5.41) is 1.04. The molecule has 0 aliphatic carbocycles. The van der Waals surface area contributed by atoms with Crippen LogP contribution in [0.4, 0.5) is 0 Å². The van der Waals surface area contributed by atoms with E-state index in [0.717, 1.165) is 5.56 Å². The second kappa shape index (κ2) is 5.53. The van der Waals surface area contributed by atoms with Gasteiger partial charge in [-0.25, -0.2) is 0 Å². The molecule has 5 heteroatoms. The monoisotopic (exact) mass is 260 g/mol. The molecule has 0 spiro atoms. The first-order valence-electron chi connectivity index (χ1n) is 4.85. The Morgan fingerprint density at radius 1 is 1.44 bits per heavy atom. The highest BCUT2D eigenvalue weighted by atomic mass is 35.5. The predicted molar refractivity (Wildman–Crippen MR) is 66.6 cm³/mol. The van der Waals surface area contributed by atoms with Gasteiger partial charge in [0.15, 0.2) is 0 Å². The van der Waals surface area contributed by atoms with Gasteiger partial charge in [0, 0.05) is 6.54 Å². The number of amides is 1. The summed E-state index contributed by atoms with van der Waals surface area (Å²) in [4.78, 5) is 12.8. The topological polar surface area (TPSA) is 46.3 Å². The molecule has 1 atom stereocenters. The lowest BCUT2D eigenvalue weighted by Crippen LogP contribution is -2.39. The normalized spacial score (nSPS) is 12.8. The Bertz CT molecular complexity index is 396. The number of likely N-dealkylation sites (N-methyl/N-ethyl adjacent to an activating group) is 1. The van der Waals surface area contributed by atoms with Crippen LogP contribution in [0.1, 0.15) is 12.5 Å². The quantitative estimate of drug-likeness (QED) is 0.903. The van der Waals surface area contributed by atoms with Crippen molar-refractivity contribution in [2.75, 3.05) is 7.05 Å². The standard InChI is InChI=1S/C11H14Cl2N2O/c1-7(11(14)16)15(2)6-8-3-4-9(12)10(13)5-8/h3-5,7H,6H2,1-2H3,(H2,14,16)/t7-/m1/s1. The van der Waals surface area contributed by atoms with Gasteiger partial charge in [-0.05, 0) is 31.7 Å². The Kier molecular flexibility index (Phi) is 4.59. The van der Waals surface area contributed by atoms with E-state index >= 15 is 0 Å². The van der Waals surface area contributed by atoms with Crippen molar-refractivity contribution in [1.29, 1.82) is 0 Å². The molecule has 0 saturated carbocycles. The maximum atomic E-state index is 11.0. The van der Waals surface area contributed by atoms with Crippen LogP contribution in [0.5, 0.6) is 0 Å². The summed E-state index contributed by atoms with van der Waals surface area (Å²) in [6.45, 7) is 2.36. The molecule has 3 nitrogen and oxygen atoms in total. The van der Waals surface area contributed by atoms with Crippen LogP contribution < -0.4 is 5.73 Å². The van der Waals surface area contributed by atoms with E-state index in [-0.39, 0.29) is 11.9 Å². The molecule has 88 valence electrons. The maximum absolute atomic E-state index is 11.0. The number of nitrogens with two attached hydrogens (primary N) is 1. The van der Waals surface area contributed by atoms with Crippen molar-refractivity contribution < 1.29 is 4.79 Å². The summed E-state index contributed by atoms with van der Waals surface area (Å²) < 4.78 is 0. The van der Waals surface area contributed by atoms with E-state index in [1.807, 2.05) is 18.0 Å². The van der Waals surface area contributed by atoms with E-state index in [4.69, 9.17) is 28.9 Å². The third kappa shape index (κ3) is 3.37. The van der Waals surface area contributed by atoms with E-state index in [0.29, 0.717) is 16.6 Å². The van der Waals surface area contributed by atoms with Gasteiger partial charge in [-0.1, -0.05) is 29.3 Å². The van der Waals surface area contributed by atoms with Gasteiger partial charge in [0.25, 0.3) is 0 Å². The lowest BCUT2D eigenvalue weighted by atomic mass is 10.2. The SMILES string of the molecule is C[C@H](C(N)=O)N(C)Cc1ccc(Cl)c(Cl)c1. The lowest BCUT2D eigenvalue weighted by molar-refractivity contribution is -0.122. The zero-order chi connectivity index (χ0) is 12.3. The molecule has 1 aromatic rings. The number of hydrogen-bond donors (Lipinski definition) is 1. The summed E-state index contributed by atoms with van der Waals surface area (Å²) in [5.41, 5.74) is 6.21. The van der Waals surface area contributed by atoms with Crippen molar-refractivity contribution in [3.8, 4) is 0 Å². The Hall–Kier alpha value is -0.770. The van der Waals surface area contributed by atoms with Gasteiger partial charge in [0.2, 0.25) is 5.91 Å². The van der Waals surface area contributed by atoms with Gasteiger partial charge in [-0.3, -0.25) is 9.69 Å². The van der Waals surface area contributed by atoms with Crippen LogP contribution >= 0.6 is 23.2 Å². The molecule has 0 heterocycles. The van der Waals surface area contributed by atoms with E-state index in [9.17, 15) is 4.79 Å². The molecule has 16 heavy (non-hydrogen) atoms. The van der Waals surface area contributed by atoms with Gasteiger partial charge >= 0.3 is 0 Å². The number of carbonyl (C=O) groups excluding carboxylic acids is 1. The van der Waals surface area contributed by atoms with Crippen molar-refractivity contribution in [1.82, 2.24) is 4.90 Å². The highest BCUT2D eigenvalue weighted by Gasteiger charge is 2.14. The first-order valence-corrected chi connectivity index (χ1v) is 5.61. The molecular formula is C11H14Cl2N2O. The number of benzene rings is 1. The summed E-state index contributed by atoms with van der Waals surface area (Å²) in [5.74, 6) is -0.345. The summed E-state index contributed by atoms with van der Waals surface area (Å²) in [6.07, 6.45) is 0. The third-order valence-electron chi connectivity index (χ3n) is 2.49. The minimum Gasteiger partial charge on any atom is -0.368 e. The third-order valence-corrected chi connectivity index (χ3v) is 3.23. The van der Waals surface area contributed by atoms with Crippen LogP contribution in [0, 0.1) is 0 Å². The Labute approximate surface area is 105 Å². The van der Waals surface area contributed by atoms with E-state index in [2.05, 4.69) is 0 Å². The average Bonchev–Trinajstić information content (AvgIpc) is 2.22. The van der Waals surface area contributed by atoms with E-state index in [1.165, 1.54) is 0 Å². The van der Waals surface area contributed by atoms with E-state index < -0.39 is 0 Å². The van der Waals surface area contributed by atoms with Crippen LogP contribution in [0.25, 0.3) is 0 Å². The van der Waals surface area contributed by atoms with Crippen molar-refractivity contribution in [3.05, 3.63) is 33.8 Å². The number of nitrogens with zero attached hydrogens (tertiary/aromatic N) is 1. The van der Waals surface area contributed by atoms with Crippen LogP contribution in [-0.2, 0) is 11.3 Å². The maximum Gasteiger partial charge on any atom is 0.234 e. The molecule has 0 unspecified atom stereocenters. The number of primary amides is 1. The first-order chi connectivity index (χ1) is 7.41. The first kappa shape index (κ1) is 13.3. The molecule has 0 aromatic heterocycles. The Balaban J connectivity index is 2.73. The van der Waals surface area contributed by atoms with Crippen molar-refractivity contribution in [2.24, 2.45) is 5.73 Å². The predicted octanol–water partition coefficient (Wildman–Crippen LogP) is 2.30. The van der Waals surface area contributed by atoms with Crippen LogP contribution in [-0.4, -0.2) is 23.9 Å². The Morgan fingerprint density at radius 2 is 2.06 bits per heavy atom. The zero-order valence-electron chi connectivity index (χ0n) is 9.21. The molecule has 1 aromatic carbocycles. The molecule has 0 saturated heterocycles. The summed E-state index contributed by atoms with van der Waals surface area (Å²) in [7, 11) is 1.83. The molecule has 0 aliphatic rings. The molecule has 0 aliphatic heterocycles. The second-order valence-corrected chi connectivity index (χ2v) is 4.56. The van der Waals surface area contributed by atoms with Gasteiger partial charge in [-0.15, -0.1) is 0 Å². The molecule has 0 radical (unpaired) electrons. The van der Waals surface area contributed by atoms with Gasteiger partial charge in [-0.2, -0.15) is 0 Å². The Morgan fingerprint density at radius 3 is 2.56 bits per heavy atom. The van der Waals surface area contributed by atoms with Gasteiger partial charge < -0.3 is 5.73 Å². The summed E-state index contributed by atoms with van der Waals surface area (Å²) >= 11 is 11.7. The highest BCUT2D eigenvalue weighted by Crippen LogP contribution is 2.23. The van der Waals surface area contributed by atoms with Crippen molar-refractivity contribution in [2.45, 2.75) is 19.5 Å². The highest BCUT2D eigenvalue weighted by molar-refractivity contribution is 6.42. The number of rotatable bonds is 4. The minimum atomic E-state index is -0.345. The minimum absolute atomic E-state index is 0.311. The van der Waals surface area contributed by atoms with Crippen molar-refractivity contribution >= 4 is 29.1 Å². The smallest absolute Gasteiger partial charge is 0.234 e. The molecule has 2 N–H and O–H groups in total. The van der Waals surface area contributed by atoms with Crippen LogP contribution in [0.2, 0.25) is 10.0 Å². The molecule has 0 bridgehead atoms. The largest absolute Gasteiger partial charge is 0.368 e. The fourth-order valence-electron chi connectivity index (χ4n) is 1.28. The average molecular weight is 261 g/mol. The molecular weight excluding hydrogens is 247 g/mol. The molecule has 1 amide bonds. The molecule has 1 rings (SSSR count). The van der Waals surface area contributed by atoms with E-state index in [1.54, 1.807) is 19.1 Å². The lowest BCUT2D eigenvalue weighted by Gasteiger charge is -2.21. The van der Waals surface area contributed by atoms with Crippen molar-refractivity contribution in [3.63, 3.8) is 0 Å². The van der Waals surface area contributed by atoms with Crippen LogP contribution in [0.15, 0.2) is 18.2 Å². The van der Waals surface area contributed by atoms with Gasteiger partial charge in [0.05, 0.1) is 16.1 Å². The number of hydrogen-bond acceptors (Lipinski definition) is 2. The number of carbonyl (C=O) groups is 1. The van der Waals surface area contributed by atoms with Gasteiger partial charge in [0.1, 0.15) is 0 Å². The fourth-order valence-corrected chi connectivity index (χ4v) is 1.60. The fraction of sp³-hybridized carbons (Fsp3) is 0.364. The number of halogens is 2. The van der Waals surface area contributed by atoms with Crippen LogP contribution in [0.3, 0.4) is 0 Å². The molecule has 0 fully saturated rings. The summed E-state index contributed by atoms with van der Waals surface area (Å²) in [6, 6.07) is 5.09. The zero-order valence-corrected chi connectivity index (χ0v) is 10.7. The second-order valence-electron chi connectivity index (χ2n) is 3.74.